The molecule has 1 unspecified atom stereocenters. The molecule has 192 valence electrons. The van der Waals surface area contributed by atoms with Gasteiger partial charge >= 0.3 is 0 Å². The molecule has 1 N–H and O–H groups in total. The second-order valence-electron chi connectivity index (χ2n) is 9.08. The summed E-state index contributed by atoms with van der Waals surface area (Å²) in [6.07, 6.45) is 3.67. The van der Waals surface area contributed by atoms with E-state index in [0.29, 0.717) is 30.3 Å². The number of anilines is 1. The molecule has 1 saturated carbocycles. The number of carbonyl (C=O) groups excluding carboxylic acids is 2. The second-order valence-corrected chi connectivity index (χ2v) is 9.48. The Hall–Kier alpha value is -3.65. The Balaban J connectivity index is 1.62. The number of nitrogens with zero attached hydrogens (tertiary/aromatic N) is 1. The number of ether oxygens (including phenoxy) is 2. The van der Waals surface area contributed by atoms with Crippen molar-refractivity contribution in [2.75, 3.05) is 18.1 Å². The van der Waals surface area contributed by atoms with Gasteiger partial charge in [0.15, 0.2) is 11.5 Å². The van der Waals surface area contributed by atoms with E-state index in [2.05, 4.69) is 5.32 Å². The van der Waals surface area contributed by atoms with Gasteiger partial charge in [-0.25, -0.2) is 8.78 Å². The maximum Gasteiger partial charge on any atom is 0.259 e. The van der Waals surface area contributed by atoms with Gasteiger partial charge < -0.3 is 14.8 Å². The van der Waals surface area contributed by atoms with E-state index >= 15 is 0 Å². The lowest BCUT2D eigenvalue weighted by Gasteiger charge is -2.33. The summed E-state index contributed by atoms with van der Waals surface area (Å²) in [5, 5.41) is 2.84. The highest BCUT2D eigenvalue weighted by molar-refractivity contribution is 6.31. The van der Waals surface area contributed by atoms with Gasteiger partial charge in [0.2, 0.25) is 5.91 Å². The average molecular weight is 527 g/mol. The predicted molar refractivity (Wildman–Crippen MR) is 135 cm³/mol. The van der Waals surface area contributed by atoms with E-state index in [1.807, 2.05) is 0 Å². The highest BCUT2D eigenvalue weighted by Gasteiger charge is 2.35. The molecule has 1 fully saturated rings. The van der Waals surface area contributed by atoms with Crippen molar-refractivity contribution in [1.82, 2.24) is 5.32 Å². The first-order valence-electron chi connectivity index (χ1n) is 12.1. The summed E-state index contributed by atoms with van der Waals surface area (Å²) < 4.78 is 39.1. The molecule has 0 bridgehead atoms. The molecule has 9 heteroatoms. The number of halogens is 3. The van der Waals surface area contributed by atoms with Crippen molar-refractivity contribution >= 4 is 29.1 Å². The smallest absolute Gasteiger partial charge is 0.259 e. The van der Waals surface area contributed by atoms with Crippen LogP contribution in [0.25, 0.3) is 0 Å². The summed E-state index contributed by atoms with van der Waals surface area (Å²) in [5.41, 5.74) is 0.830. The molecule has 6 nitrogen and oxygen atoms in total. The molecule has 37 heavy (non-hydrogen) atoms. The molecule has 1 aliphatic carbocycles. The number of hydrogen-bond donors (Lipinski definition) is 1. The highest BCUT2D eigenvalue weighted by Crippen LogP contribution is 2.36. The van der Waals surface area contributed by atoms with Crippen molar-refractivity contribution in [3.05, 3.63) is 88.4 Å². The minimum absolute atomic E-state index is 0.0292. The van der Waals surface area contributed by atoms with E-state index in [1.54, 1.807) is 18.2 Å². The van der Waals surface area contributed by atoms with Crippen LogP contribution in [0.15, 0.2) is 60.7 Å². The number of hydrogen-bond acceptors (Lipinski definition) is 4. The summed E-state index contributed by atoms with van der Waals surface area (Å²) >= 11 is 6.09. The third-order valence-electron chi connectivity index (χ3n) is 6.58. The minimum Gasteiger partial charge on any atom is -0.486 e. The van der Waals surface area contributed by atoms with E-state index < -0.39 is 29.5 Å². The summed E-state index contributed by atoms with van der Waals surface area (Å²) in [6.45, 7) is 0.735. The number of rotatable bonds is 6. The van der Waals surface area contributed by atoms with E-state index in [-0.39, 0.29) is 22.3 Å². The normalized spacial score (nSPS) is 15.8. The average Bonchev–Trinajstić information content (AvgIpc) is 3.42. The van der Waals surface area contributed by atoms with Gasteiger partial charge in [-0.2, -0.15) is 0 Å². The van der Waals surface area contributed by atoms with E-state index in [1.165, 1.54) is 41.3 Å². The first kappa shape index (κ1) is 25.0. The lowest BCUT2D eigenvalue weighted by atomic mass is 10.0. The first-order valence-corrected chi connectivity index (χ1v) is 12.5. The van der Waals surface area contributed by atoms with Gasteiger partial charge in [0, 0.05) is 17.3 Å². The van der Waals surface area contributed by atoms with Crippen LogP contribution in [0.4, 0.5) is 14.5 Å². The Kier molecular flexibility index (Phi) is 7.28. The first-order chi connectivity index (χ1) is 17.9. The Morgan fingerprint density at radius 3 is 2.32 bits per heavy atom. The van der Waals surface area contributed by atoms with Gasteiger partial charge in [-0.05, 0) is 66.9 Å². The zero-order valence-electron chi connectivity index (χ0n) is 19.9. The molecule has 0 spiro atoms. The number of amides is 2. The van der Waals surface area contributed by atoms with Gasteiger partial charge in [-0.3, -0.25) is 14.5 Å². The number of carbonyl (C=O) groups is 2. The zero-order chi connectivity index (χ0) is 25.9. The van der Waals surface area contributed by atoms with Crippen LogP contribution < -0.4 is 19.7 Å². The molecule has 1 aliphatic heterocycles. The Morgan fingerprint density at radius 1 is 0.919 bits per heavy atom. The van der Waals surface area contributed by atoms with Crippen molar-refractivity contribution in [2.24, 2.45) is 0 Å². The summed E-state index contributed by atoms with van der Waals surface area (Å²) in [4.78, 5) is 29.1. The van der Waals surface area contributed by atoms with E-state index in [4.69, 9.17) is 21.1 Å². The van der Waals surface area contributed by atoms with Crippen molar-refractivity contribution in [3.63, 3.8) is 0 Å². The maximum atomic E-state index is 14.1. The van der Waals surface area contributed by atoms with Crippen molar-refractivity contribution in [3.8, 4) is 11.5 Å². The van der Waals surface area contributed by atoms with Gasteiger partial charge in [-0.15, -0.1) is 0 Å². The van der Waals surface area contributed by atoms with Crippen molar-refractivity contribution in [2.45, 2.75) is 37.8 Å². The van der Waals surface area contributed by atoms with Crippen molar-refractivity contribution < 1.29 is 27.8 Å². The molecule has 0 aromatic heterocycles. The Morgan fingerprint density at radius 2 is 1.62 bits per heavy atom. The summed E-state index contributed by atoms with van der Waals surface area (Å²) in [7, 11) is 0. The SMILES string of the molecule is O=C(NC1CCCC1)C(c1ccc(F)cc1)N(C(=O)c1ccc2c(c1)OCCO2)c1ccc(F)c(Cl)c1. The van der Waals surface area contributed by atoms with Gasteiger partial charge in [0.25, 0.3) is 5.91 Å². The minimum atomic E-state index is -1.18. The quantitative estimate of drug-likeness (QED) is 0.438. The predicted octanol–water partition coefficient (Wildman–Crippen LogP) is 5.84. The molecule has 0 radical (unpaired) electrons. The fraction of sp³-hybridized carbons (Fsp3) is 0.286. The molecule has 3 aromatic rings. The lowest BCUT2D eigenvalue weighted by molar-refractivity contribution is -0.123. The second kappa shape index (κ2) is 10.8. The molecule has 3 aromatic carbocycles. The van der Waals surface area contributed by atoms with Crippen LogP contribution in [-0.2, 0) is 4.79 Å². The van der Waals surface area contributed by atoms with Crippen LogP contribution in [-0.4, -0.2) is 31.1 Å². The van der Waals surface area contributed by atoms with Gasteiger partial charge in [0.05, 0.1) is 5.02 Å². The summed E-state index contributed by atoms with van der Waals surface area (Å²) in [5.74, 6) is -1.20. The molecule has 1 atom stereocenters. The van der Waals surface area contributed by atoms with Crippen LogP contribution in [0.5, 0.6) is 11.5 Å². The lowest BCUT2D eigenvalue weighted by Crippen LogP contribution is -2.46. The number of benzene rings is 3. The van der Waals surface area contributed by atoms with Gasteiger partial charge in [-0.1, -0.05) is 36.6 Å². The van der Waals surface area contributed by atoms with Crippen LogP contribution in [0.3, 0.4) is 0 Å². The number of fused-ring (bicyclic) bond motifs is 1. The van der Waals surface area contributed by atoms with E-state index in [0.717, 1.165) is 31.7 Å². The maximum absolute atomic E-state index is 14.1. The van der Waals surface area contributed by atoms with Crippen LogP contribution in [0, 0.1) is 11.6 Å². The Bertz CT molecular complexity index is 1310. The van der Waals surface area contributed by atoms with Crippen LogP contribution >= 0.6 is 11.6 Å². The molecular weight excluding hydrogens is 502 g/mol. The Labute approximate surface area is 218 Å². The molecule has 0 saturated heterocycles. The van der Waals surface area contributed by atoms with Crippen molar-refractivity contribution in [1.29, 1.82) is 0 Å². The molecule has 2 amide bonds. The van der Waals surface area contributed by atoms with Crippen LogP contribution in [0.1, 0.15) is 47.6 Å². The number of nitrogens with one attached hydrogen (secondary N) is 1. The largest absolute Gasteiger partial charge is 0.486 e. The fourth-order valence-corrected chi connectivity index (χ4v) is 4.92. The fourth-order valence-electron chi connectivity index (χ4n) is 4.75. The topological polar surface area (TPSA) is 67.9 Å². The van der Waals surface area contributed by atoms with Crippen LogP contribution in [0.2, 0.25) is 5.02 Å². The third kappa shape index (κ3) is 5.39. The van der Waals surface area contributed by atoms with E-state index in [9.17, 15) is 18.4 Å². The molecule has 2 aliphatic rings. The zero-order valence-corrected chi connectivity index (χ0v) is 20.6. The highest BCUT2D eigenvalue weighted by atomic mass is 35.5. The monoisotopic (exact) mass is 526 g/mol. The molecule has 5 rings (SSSR count). The van der Waals surface area contributed by atoms with Gasteiger partial charge in [0.1, 0.15) is 30.9 Å². The third-order valence-corrected chi connectivity index (χ3v) is 6.87. The molecule has 1 heterocycles. The standard InChI is InChI=1S/C28H25ClF2N2O4/c29-22-16-21(10-11-23(22)31)33(28(35)18-7-12-24-25(15-18)37-14-13-36-24)26(17-5-8-19(30)9-6-17)27(34)32-20-3-1-2-4-20/h5-12,15-16,20,26H,1-4,13-14H2,(H,32,34). The summed E-state index contributed by atoms with van der Waals surface area (Å²) in [6, 6.07) is 12.8. The molecular formula is C28H25ClF2N2O4.